The van der Waals surface area contributed by atoms with E-state index in [0.717, 1.165) is 47.3 Å². The SMILES string of the molecule is Cc1nc(N2CCN(c3ccc(Br)cn3)CC2)sc1C. The molecule has 0 N–H and O–H groups in total. The minimum atomic E-state index is 0.992. The predicted octanol–water partition coefficient (Wildman–Crippen LogP) is 3.24. The van der Waals surface area contributed by atoms with Gasteiger partial charge in [0, 0.05) is 41.7 Å². The van der Waals surface area contributed by atoms with Crippen LogP contribution in [0, 0.1) is 13.8 Å². The quantitative estimate of drug-likeness (QED) is 0.830. The van der Waals surface area contributed by atoms with E-state index in [-0.39, 0.29) is 0 Å². The maximum atomic E-state index is 4.65. The number of anilines is 2. The number of pyridine rings is 1. The molecule has 0 aliphatic carbocycles. The van der Waals surface area contributed by atoms with Crippen LogP contribution in [0.2, 0.25) is 0 Å². The molecule has 0 unspecified atom stereocenters. The topological polar surface area (TPSA) is 32.3 Å². The summed E-state index contributed by atoms with van der Waals surface area (Å²) in [5.74, 6) is 1.05. The van der Waals surface area contributed by atoms with Gasteiger partial charge in [-0.05, 0) is 41.9 Å². The van der Waals surface area contributed by atoms with E-state index < -0.39 is 0 Å². The summed E-state index contributed by atoms with van der Waals surface area (Å²) in [4.78, 5) is 15.1. The lowest BCUT2D eigenvalue weighted by Crippen LogP contribution is -2.46. The number of hydrogen-bond acceptors (Lipinski definition) is 5. The normalized spacial score (nSPS) is 15.8. The average molecular weight is 353 g/mol. The lowest BCUT2D eigenvalue weighted by molar-refractivity contribution is 0.645. The second kappa shape index (κ2) is 5.69. The van der Waals surface area contributed by atoms with Gasteiger partial charge in [0.05, 0.1) is 5.69 Å². The Morgan fingerprint density at radius 1 is 1.10 bits per heavy atom. The number of thiazole rings is 1. The van der Waals surface area contributed by atoms with Crippen molar-refractivity contribution in [2.75, 3.05) is 36.0 Å². The Balaban J connectivity index is 1.66. The minimum absolute atomic E-state index is 0.992. The average Bonchev–Trinajstić information content (AvgIpc) is 2.80. The molecule has 3 heterocycles. The van der Waals surface area contributed by atoms with Crippen LogP contribution in [0.4, 0.5) is 10.9 Å². The number of hydrogen-bond donors (Lipinski definition) is 0. The number of aromatic nitrogens is 2. The fraction of sp³-hybridized carbons (Fsp3) is 0.429. The Hall–Kier alpha value is -1.14. The molecule has 2 aromatic heterocycles. The van der Waals surface area contributed by atoms with Crippen molar-refractivity contribution in [3.8, 4) is 0 Å². The fourth-order valence-electron chi connectivity index (χ4n) is 2.27. The van der Waals surface area contributed by atoms with Crippen molar-refractivity contribution in [2.45, 2.75) is 13.8 Å². The molecule has 6 heteroatoms. The Morgan fingerprint density at radius 3 is 2.35 bits per heavy atom. The Kier molecular flexibility index (Phi) is 3.94. The molecule has 3 rings (SSSR count). The Labute approximate surface area is 131 Å². The largest absolute Gasteiger partial charge is 0.353 e. The summed E-state index contributed by atoms with van der Waals surface area (Å²) in [7, 11) is 0. The summed E-state index contributed by atoms with van der Waals surface area (Å²) >= 11 is 5.22. The van der Waals surface area contributed by atoms with Crippen molar-refractivity contribution in [3.05, 3.63) is 33.4 Å². The maximum absolute atomic E-state index is 4.65. The number of piperazine rings is 1. The van der Waals surface area contributed by atoms with E-state index in [1.165, 1.54) is 4.88 Å². The van der Waals surface area contributed by atoms with E-state index >= 15 is 0 Å². The first kappa shape index (κ1) is 13.8. The first-order chi connectivity index (χ1) is 9.63. The van der Waals surface area contributed by atoms with Crippen molar-refractivity contribution in [3.63, 3.8) is 0 Å². The highest BCUT2D eigenvalue weighted by Gasteiger charge is 2.20. The van der Waals surface area contributed by atoms with Gasteiger partial charge >= 0.3 is 0 Å². The van der Waals surface area contributed by atoms with Crippen molar-refractivity contribution in [2.24, 2.45) is 0 Å². The van der Waals surface area contributed by atoms with Gasteiger partial charge in [-0.3, -0.25) is 0 Å². The van der Waals surface area contributed by atoms with Crippen LogP contribution in [0.25, 0.3) is 0 Å². The molecule has 0 spiro atoms. The molecule has 1 aliphatic heterocycles. The van der Waals surface area contributed by atoms with Gasteiger partial charge in [0.15, 0.2) is 5.13 Å². The van der Waals surface area contributed by atoms with E-state index in [9.17, 15) is 0 Å². The molecule has 1 fully saturated rings. The summed E-state index contributed by atoms with van der Waals surface area (Å²) in [6, 6.07) is 4.11. The van der Waals surface area contributed by atoms with Crippen LogP contribution in [0.5, 0.6) is 0 Å². The number of aryl methyl sites for hydroxylation is 2. The summed E-state index contributed by atoms with van der Waals surface area (Å²) in [6.07, 6.45) is 1.86. The molecule has 2 aromatic rings. The second-order valence-corrected chi connectivity index (χ2v) is 7.04. The highest BCUT2D eigenvalue weighted by Crippen LogP contribution is 2.26. The van der Waals surface area contributed by atoms with Gasteiger partial charge in [-0.15, -0.1) is 11.3 Å². The third kappa shape index (κ3) is 2.81. The van der Waals surface area contributed by atoms with Gasteiger partial charge < -0.3 is 9.80 Å². The summed E-state index contributed by atoms with van der Waals surface area (Å²) in [6.45, 7) is 8.21. The standard InChI is InChI=1S/C14H17BrN4S/c1-10-11(2)20-14(17-10)19-7-5-18(6-8-19)13-4-3-12(15)9-16-13/h3-4,9H,5-8H2,1-2H3. The van der Waals surface area contributed by atoms with Gasteiger partial charge in [-0.2, -0.15) is 0 Å². The van der Waals surface area contributed by atoms with E-state index in [2.05, 4.69) is 55.6 Å². The molecule has 106 valence electrons. The van der Waals surface area contributed by atoms with Crippen molar-refractivity contribution < 1.29 is 0 Å². The number of nitrogens with zero attached hydrogens (tertiary/aromatic N) is 4. The Bertz CT molecular complexity index is 568. The lowest BCUT2D eigenvalue weighted by atomic mass is 10.3. The van der Waals surface area contributed by atoms with Crippen LogP contribution >= 0.6 is 27.3 Å². The molecule has 0 bridgehead atoms. The van der Waals surface area contributed by atoms with Crippen molar-refractivity contribution >= 4 is 38.2 Å². The summed E-state index contributed by atoms with van der Waals surface area (Å²) in [5, 5.41) is 1.16. The van der Waals surface area contributed by atoms with Crippen LogP contribution in [0.3, 0.4) is 0 Å². The van der Waals surface area contributed by atoms with Crippen molar-refractivity contribution in [1.29, 1.82) is 0 Å². The third-order valence-corrected chi connectivity index (χ3v) is 5.21. The van der Waals surface area contributed by atoms with Gasteiger partial charge in [-0.25, -0.2) is 9.97 Å². The smallest absolute Gasteiger partial charge is 0.185 e. The summed E-state index contributed by atoms with van der Waals surface area (Å²) in [5.41, 5.74) is 1.15. The molecule has 4 nitrogen and oxygen atoms in total. The van der Waals surface area contributed by atoms with Crippen LogP contribution in [0.1, 0.15) is 10.6 Å². The third-order valence-electron chi connectivity index (χ3n) is 3.60. The van der Waals surface area contributed by atoms with Crippen LogP contribution in [-0.4, -0.2) is 36.1 Å². The molecule has 0 aromatic carbocycles. The monoisotopic (exact) mass is 352 g/mol. The van der Waals surface area contributed by atoms with Gasteiger partial charge in [-0.1, -0.05) is 0 Å². The molecule has 1 aliphatic rings. The molecule has 0 saturated carbocycles. The van der Waals surface area contributed by atoms with Crippen LogP contribution < -0.4 is 9.80 Å². The van der Waals surface area contributed by atoms with Gasteiger partial charge in [0.2, 0.25) is 0 Å². The highest BCUT2D eigenvalue weighted by atomic mass is 79.9. The first-order valence-electron chi connectivity index (χ1n) is 6.69. The maximum Gasteiger partial charge on any atom is 0.185 e. The van der Waals surface area contributed by atoms with E-state index in [0.29, 0.717) is 0 Å². The van der Waals surface area contributed by atoms with E-state index in [4.69, 9.17) is 0 Å². The first-order valence-corrected chi connectivity index (χ1v) is 8.30. The molecule has 1 saturated heterocycles. The zero-order valence-corrected chi connectivity index (χ0v) is 14.0. The van der Waals surface area contributed by atoms with E-state index in [1.807, 2.05) is 12.3 Å². The molecule has 0 atom stereocenters. The van der Waals surface area contributed by atoms with Gasteiger partial charge in [0.1, 0.15) is 5.82 Å². The van der Waals surface area contributed by atoms with Crippen molar-refractivity contribution in [1.82, 2.24) is 9.97 Å². The Morgan fingerprint density at radius 2 is 1.80 bits per heavy atom. The minimum Gasteiger partial charge on any atom is -0.353 e. The second-order valence-electron chi connectivity index (χ2n) is 4.95. The summed E-state index contributed by atoms with van der Waals surface area (Å²) < 4.78 is 1.02. The van der Waals surface area contributed by atoms with Gasteiger partial charge in [0.25, 0.3) is 0 Å². The highest BCUT2D eigenvalue weighted by molar-refractivity contribution is 9.10. The molecule has 0 amide bonds. The molecule has 0 radical (unpaired) electrons. The molecular formula is C14H17BrN4S. The lowest BCUT2D eigenvalue weighted by Gasteiger charge is -2.35. The fourth-order valence-corrected chi connectivity index (χ4v) is 3.47. The number of halogens is 1. The number of rotatable bonds is 2. The zero-order valence-electron chi connectivity index (χ0n) is 11.6. The predicted molar refractivity (Wildman–Crippen MR) is 88.0 cm³/mol. The zero-order chi connectivity index (χ0) is 14.1. The molecular weight excluding hydrogens is 336 g/mol. The molecule has 20 heavy (non-hydrogen) atoms. The van der Waals surface area contributed by atoms with Crippen LogP contribution in [-0.2, 0) is 0 Å². The van der Waals surface area contributed by atoms with Crippen LogP contribution in [0.15, 0.2) is 22.8 Å². The van der Waals surface area contributed by atoms with E-state index in [1.54, 1.807) is 11.3 Å².